The maximum atomic E-state index is 13.0. The van der Waals surface area contributed by atoms with Crippen molar-refractivity contribution in [2.45, 2.75) is 12.8 Å². The number of aromatic nitrogens is 1. The number of aliphatic hydroxyl groups is 2. The van der Waals surface area contributed by atoms with E-state index in [-0.39, 0.29) is 28.7 Å². The number of halogens is 4. The van der Waals surface area contributed by atoms with E-state index in [9.17, 15) is 23.4 Å². The first kappa shape index (κ1) is 22.7. The average Bonchev–Trinajstić information content (AvgIpc) is 2.74. The molecule has 0 amide bonds. The molecule has 0 fully saturated rings. The van der Waals surface area contributed by atoms with Gasteiger partial charge < -0.3 is 15.5 Å². The predicted molar refractivity (Wildman–Crippen MR) is 117 cm³/mol. The summed E-state index contributed by atoms with van der Waals surface area (Å²) in [5.41, 5.74) is 0.341. The second-order valence-corrected chi connectivity index (χ2v) is 7.36. The number of pyridine rings is 1. The normalized spacial score (nSPS) is 12.3. The van der Waals surface area contributed by atoms with Crippen molar-refractivity contribution in [1.29, 1.82) is 0 Å². The van der Waals surface area contributed by atoms with Crippen molar-refractivity contribution in [3.8, 4) is 0 Å². The monoisotopic (exact) mass is 465 g/mol. The lowest BCUT2D eigenvalue weighted by molar-refractivity contribution is -0.576. The Morgan fingerprint density at radius 2 is 1.77 bits per heavy atom. The third kappa shape index (κ3) is 5.61. The topological polar surface area (TPSA) is 56.4 Å². The minimum absolute atomic E-state index is 0.0214. The Hall–Kier alpha value is -2.94. The first-order chi connectivity index (χ1) is 14.7. The van der Waals surface area contributed by atoms with Crippen LogP contribution in [-0.4, -0.2) is 15.2 Å². The second-order valence-electron chi connectivity index (χ2n) is 6.51. The van der Waals surface area contributed by atoms with Crippen LogP contribution in [0.15, 0.2) is 73.1 Å². The highest BCUT2D eigenvalue weighted by molar-refractivity contribution is 7.81. The van der Waals surface area contributed by atoms with Crippen LogP contribution in [0, 0.1) is 0 Å². The van der Waals surface area contributed by atoms with Crippen molar-refractivity contribution >= 4 is 46.0 Å². The molecule has 0 atom stereocenters. The SMILES string of the molecule is OCc1ccc[n+](/C(C(=S)Nc2cccc(C(F)(F)F)c2)=C(/O)c2ccc(Cl)cc2)c1. The zero-order valence-corrected chi connectivity index (χ0v) is 17.5. The number of nitrogens with zero attached hydrogens (tertiary/aromatic N) is 1. The van der Waals surface area contributed by atoms with Gasteiger partial charge in [0.2, 0.25) is 0 Å². The molecular weight excluding hydrogens is 449 g/mol. The summed E-state index contributed by atoms with van der Waals surface area (Å²) in [6.07, 6.45) is -1.35. The van der Waals surface area contributed by atoms with E-state index in [0.717, 1.165) is 12.1 Å². The molecular formula is C22H17ClF3N2O2S+. The molecule has 3 N–H and O–H groups in total. The molecule has 0 aliphatic rings. The fourth-order valence-electron chi connectivity index (χ4n) is 2.81. The number of rotatable bonds is 5. The lowest BCUT2D eigenvalue weighted by atomic mass is 10.1. The van der Waals surface area contributed by atoms with E-state index in [0.29, 0.717) is 16.1 Å². The third-order valence-electron chi connectivity index (χ3n) is 4.31. The number of hydrogen-bond acceptors (Lipinski definition) is 3. The predicted octanol–water partition coefficient (Wildman–Crippen LogP) is 5.46. The summed E-state index contributed by atoms with van der Waals surface area (Å²) in [4.78, 5) is -0.0214. The summed E-state index contributed by atoms with van der Waals surface area (Å²) in [6, 6.07) is 14.2. The number of aliphatic hydroxyl groups excluding tert-OH is 2. The molecule has 0 unspecified atom stereocenters. The van der Waals surface area contributed by atoms with Gasteiger partial charge in [-0.15, -0.1) is 0 Å². The zero-order valence-electron chi connectivity index (χ0n) is 15.9. The molecule has 0 bridgehead atoms. The van der Waals surface area contributed by atoms with Crippen molar-refractivity contribution in [2.24, 2.45) is 0 Å². The first-order valence-corrected chi connectivity index (χ1v) is 9.77. The Bertz CT molecular complexity index is 1130. The standard InChI is InChI=1S/C22H16ClF3N2O2S/c23-17-8-6-15(7-9-17)20(30)19(28-10-2-3-14(12-28)13-29)21(31)27-18-5-1-4-16(11-18)22(24,25)26/h1-12,29H,13H2,(H-,27,30,31)/p+1. The minimum Gasteiger partial charge on any atom is -0.502 e. The van der Waals surface area contributed by atoms with Crippen LogP contribution in [-0.2, 0) is 12.8 Å². The van der Waals surface area contributed by atoms with Crippen LogP contribution in [0.4, 0.5) is 18.9 Å². The van der Waals surface area contributed by atoms with Gasteiger partial charge in [0.05, 0.1) is 12.2 Å². The molecule has 0 saturated carbocycles. The van der Waals surface area contributed by atoms with E-state index >= 15 is 0 Å². The van der Waals surface area contributed by atoms with Gasteiger partial charge in [-0.1, -0.05) is 29.9 Å². The van der Waals surface area contributed by atoms with Crippen molar-refractivity contribution in [3.63, 3.8) is 0 Å². The van der Waals surface area contributed by atoms with Gasteiger partial charge in [-0.25, -0.2) is 0 Å². The zero-order chi connectivity index (χ0) is 22.6. The number of benzene rings is 2. The Morgan fingerprint density at radius 3 is 2.42 bits per heavy atom. The van der Waals surface area contributed by atoms with Gasteiger partial charge in [-0.2, -0.15) is 17.7 Å². The van der Waals surface area contributed by atoms with Crippen molar-refractivity contribution in [3.05, 3.63) is 94.8 Å². The fourth-order valence-corrected chi connectivity index (χ4v) is 3.26. The maximum absolute atomic E-state index is 13.0. The van der Waals surface area contributed by atoms with Gasteiger partial charge in [0, 0.05) is 27.9 Å². The molecule has 4 nitrogen and oxygen atoms in total. The minimum atomic E-state index is -4.51. The van der Waals surface area contributed by atoms with Crippen LogP contribution in [0.25, 0.3) is 11.5 Å². The van der Waals surface area contributed by atoms with Gasteiger partial charge in [0.15, 0.2) is 23.1 Å². The Morgan fingerprint density at radius 1 is 1.06 bits per heavy atom. The summed E-state index contributed by atoms with van der Waals surface area (Å²) < 4.78 is 40.6. The smallest absolute Gasteiger partial charge is 0.416 e. The summed E-state index contributed by atoms with van der Waals surface area (Å²) in [6.45, 7) is -0.246. The third-order valence-corrected chi connectivity index (χ3v) is 4.85. The van der Waals surface area contributed by atoms with Crippen LogP contribution in [0.5, 0.6) is 0 Å². The highest BCUT2D eigenvalue weighted by Gasteiger charge is 2.31. The van der Waals surface area contributed by atoms with Crippen molar-refractivity contribution in [2.75, 3.05) is 5.32 Å². The van der Waals surface area contributed by atoms with Crippen LogP contribution >= 0.6 is 23.8 Å². The van der Waals surface area contributed by atoms with E-state index in [1.807, 2.05) is 0 Å². The molecule has 31 heavy (non-hydrogen) atoms. The lowest BCUT2D eigenvalue weighted by Gasteiger charge is -2.12. The van der Waals surface area contributed by atoms with Crippen LogP contribution < -0.4 is 9.88 Å². The number of anilines is 1. The summed E-state index contributed by atoms with van der Waals surface area (Å²) in [5.74, 6) is -0.221. The summed E-state index contributed by atoms with van der Waals surface area (Å²) in [5, 5.41) is 23.6. The van der Waals surface area contributed by atoms with Crippen LogP contribution in [0.2, 0.25) is 5.02 Å². The molecule has 0 radical (unpaired) electrons. The quantitative estimate of drug-likeness (QED) is 0.203. The second kappa shape index (κ2) is 9.47. The molecule has 160 valence electrons. The Balaban J connectivity index is 2.07. The Labute approximate surface area is 186 Å². The number of nitrogens with one attached hydrogen (secondary N) is 1. The first-order valence-electron chi connectivity index (χ1n) is 8.98. The van der Waals surface area contributed by atoms with Gasteiger partial charge in [0.1, 0.15) is 0 Å². The van der Waals surface area contributed by atoms with Crippen LogP contribution in [0.1, 0.15) is 16.7 Å². The molecule has 3 aromatic rings. The maximum Gasteiger partial charge on any atom is 0.416 e. The molecule has 2 aromatic carbocycles. The van der Waals surface area contributed by atoms with Gasteiger partial charge in [-0.3, -0.25) is 0 Å². The highest BCUT2D eigenvalue weighted by Crippen LogP contribution is 2.31. The van der Waals surface area contributed by atoms with Gasteiger partial charge >= 0.3 is 6.18 Å². The molecule has 0 saturated heterocycles. The molecule has 3 rings (SSSR count). The summed E-state index contributed by atoms with van der Waals surface area (Å²) in [7, 11) is 0. The fraction of sp³-hybridized carbons (Fsp3) is 0.0909. The average molecular weight is 466 g/mol. The highest BCUT2D eigenvalue weighted by atomic mass is 35.5. The number of thiocarbonyl (C=S) groups is 1. The molecule has 0 spiro atoms. The van der Waals surface area contributed by atoms with E-state index in [1.165, 1.54) is 16.7 Å². The van der Waals surface area contributed by atoms with Gasteiger partial charge in [0.25, 0.3) is 5.70 Å². The lowest BCUT2D eigenvalue weighted by Crippen LogP contribution is -2.39. The van der Waals surface area contributed by atoms with E-state index in [4.69, 9.17) is 23.8 Å². The van der Waals surface area contributed by atoms with Gasteiger partial charge in [-0.05, 0) is 48.5 Å². The molecule has 0 aliphatic carbocycles. The van der Waals surface area contributed by atoms with Crippen molar-refractivity contribution < 1.29 is 28.0 Å². The Kier molecular flexibility index (Phi) is 6.94. The van der Waals surface area contributed by atoms with Crippen molar-refractivity contribution in [1.82, 2.24) is 0 Å². The summed E-state index contributed by atoms with van der Waals surface area (Å²) >= 11 is 11.4. The number of hydrogen-bond donors (Lipinski definition) is 3. The molecule has 9 heteroatoms. The van der Waals surface area contributed by atoms with Crippen LogP contribution in [0.3, 0.4) is 0 Å². The number of alkyl halides is 3. The van der Waals surface area contributed by atoms with E-state index < -0.39 is 11.7 Å². The van der Waals surface area contributed by atoms with E-state index in [2.05, 4.69) is 5.32 Å². The molecule has 0 aliphatic heterocycles. The van der Waals surface area contributed by atoms with E-state index in [1.54, 1.807) is 48.8 Å². The molecule has 1 aromatic heterocycles. The molecule has 1 heterocycles. The largest absolute Gasteiger partial charge is 0.502 e.